The largest absolute Gasteiger partial charge is 0.737 e. The van der Waals surface area contributed by atoms with Crippen LogP contribution in [0.25, 0.3) is 18.2 Å². The van der Waals surface area contributed by atoms with Crippen molar-refractivity contribution in [2.45, 2.75) is 69.9 Å². The molecule has 9 N–H and O–H groups in total. The van der Waals surface area contributed by atoms with Gasteiger partial charge in [-0.05, 0) is 86.6 Å². The van der Waals surface area contributed by atoms with Crippen molar-refractivity contribution in [2.24, 2.45) is 0 Å². The van der Waals surface area contributed by atoms with Gasteiger partial charge in [0.25, 0.3) is 5.91 Å². The number of aliphatic carboxylic acids is 3. The molecule has 382 valence electrons. The van der Waals surface area contributed by atoms with Gasteiger partial charge in [0.05, 0.1) is 19.8 Å². The second-order valence-corrected chi connectivity index (χ2v) is 16.4. The molecule has 5 rings (SSSR count). The normalized spacial score (nSPS) is 14.2. The minimum Gasteiger partial charge on any atom is -0.484 e. The maximum atomic E-state index is 16.1. The van der Waals surface area contributed by atoms with Crippen LogP contribution in [-0.4, -0.2) is 148 Å². The van der Waals surface area contributed by atoms with E-state index in [2.05, 4.69) is 31.6 Å². The number of aromatic amines is 1. The van der Waals surface area contributed by atoms with Crippen molar-refractivity contribution in [3.63, 3.8) is 0 Å². The summed E-state index contributed by atoms with van der Waals surface area (Å²) in [5, 5.41) is 39.7. The van der Waals surface area contributed by atoms with Crippen LogP contribution in [0.4, 0.5) is 13.4 Å². The third kappa shape index (κ3) is 17.4. The molecule has 0 fully saturated rings. The van der Waals surface area contributed by atoms with E-state index in [9.17, 15) is 38.7 Å². The number of carboxylic acids is 3. The number of carboxylic acid groups (broad SMARTS) is 3. The van der Waals surface area contributed by atoms with Gasteiger partial charge < -0.3 is 78.7 Å². The number of ether oxygens (including phenoxy) is 3. The molecule has 0 radical (unpaired) electrons. The fourth-order valence-electron chi connectivity index (χ4n) is 7.50. The van der Waals surface area contributed by atoms with E-state index in [1.807, 2.05) is 0 Å². The van der Waals surface area contributed by atoms with Crippen molar-refractivity contribution < 1.29 is 76.2 Å². The standard InChI is InChI=1S/C47H59BF2N8O13/c49-48(50)57-33(14-15-34(57)29-35-16-20-40(58(35)48)37-8-6-24-51-37)13-10-32-11-17-36(18-12-32)71-31-43(61)53-22-4-1-2-9-41(59)54-25-26-69-27-28-70-30-42(60)52-23-5-3-7-38(45(64)65)55-47(68)56-39(46(66)67)19-21-44(62)63/h6,8,10-18,20,24,29,38-39,51H,1-5,7,9,19,21-23,25-28,30-31H2,(H,52,60)(H,53,61)(H,54,59)(H,62,63)(H,64,65)(H,66,67)(H2,55,56,68)/b13-10-/t38-,39-/m0/s1. The predicted octanol–water partition coefficient (Wildman–Crippen LogP) is 3.20. The molecule has 4 heterocycles. The van der Waals surface area contributed by atoms with Crippen molar-refractivity contribution in [1.82, 2.24) is 36.0 Å². The van der Waals surface area contributed by atoms with Gasteiger partial charge in [0.15, 0.2) is 18.0 Å². The van der Waals surface area contributed by atoms with Crippen molar-refractivity contribution >= 4 is 72.6 Å². The summed E-state index contributed by atoms with van der Waals surface area (Å²) in [6.07, 6.45) is 12.3. The lowest BCUT2D eigenvalue weighted by molar-refractivity contribution is -0.360. The number of nitrogens with zero attached hydrogens (tertiary/aromatic N) is 2. The van der Waals surface area contributed by atoms with Gasteiger partial charge in [-0.15, -0.1) is 0 Å². The number of fused-ring (bicyclic) bond motifs is 2. The zero-order chi connectivity index (χ0) is 51.2. The molecular formula is C47H59BF2N8O13. The predicted molar refractivity (Wildman–Crippen MR) is 255 cm³/mol. The average molecular weight is 993 g/mol. The molecule has 0 saturated heterocycles. The Morgan fingerprint density at radius 1 is 0.704 bits per heavy atom. The molecule has 2 atom stereocenters. The van der Waals surface area contributed by atoms with E-state index in [0.717, 1.165) is 20.9 Å². The molecule has 0 saturated carbocycles. The number of halogens is 2. The monoisotopic (exact) mass is 992 g/mol. The lowest BCUT2D eigenvalue weighted by atomic mass is 9.90. The van der Waals surface area contributed by atoms with E-state index in [1.54, 1.807) is 85.1 Å². The first-order valence-electron chi connectivity index (χ1n) is 23.2. The van der Waals surface area contributed by atoms with Crippen LogP contribution in [0.1, 0.15) is 80.4 Å². The highest BCUT2D eigenvalue weighted by Gasteiger charge is 2.52. The first-order chi connectivity index (χ1) is 34.1. The van der Waals surface area contributed by atoms with Gasteiger partial charge in [-0.25, -0.2) is 14.4 Å². The summed E-state index contributed by atoms with van der Waals surface area (Å²) in [6.45, 7) is -3.13. The number of H-pyrrole nitrogens is 1. The lowest BCUT2D eigenvalue weighted by Gasteiger charge is -2.30. The van der Waals surface area contributed by atoms with Crippen molar-refractivity contribution in [3.8, 4) is 5.75 Å². The van der Waals surface area contributed by atoms with Crippen LogP contribution in [0, 0.1) is 0 Å². The fourth-order valence-corrected chi connectivity index (χ4v) is 7.50. The fraction of sp³-hybridized carbons (Fsp3) is 0.404. The molecule has 0 aliphatic carbocycles. The molecule has 21 nitrogen and oxygen atoms in total. The lowest BCUT2D eigenvalue weighted by Crippen LogP contribution is -2.51. The molecule has 2 aliphatic rings. The van der Waals surface area contributed by atoms with Crippen molar-refractivity contribution in [1.29, 1.82) is 0 Å². The number of hydrogen-bond donors (Lipinski definition) is 9. The molecule has 24 heteroatoms. The van der Waals surface area contributed by atoms with Crippen LogP contribution in [0.5, 0.6) is 5.75 Å². The summed E-state index contributed by atoms with van der Waals surface area (Å²) in [5.41, 5.74) is 2.96. The smallest absolute Gasteiger partial charge is 0.484 e. The Hall–Kier alpha value is -7.60. The second-order valence-electron chi connectivity index (χ2n) is 16.4. The van der Waals surface area contributed by atoms with E-state index in [-0.39, 0.29) is 70.8 Å². The molecule has 0 bridgehead atoms. The van der Waals surface area contributed by atoms with E-state index in [4.69, 9.17) is 24.4 Å². The van der Waals surface area contributed by atoms with Gasteiger partial charge in [-0.3, -0.25) is 19.2 Å². The number of rotatable bonds is 32. The molecule has 2 aliphatic heterocycles. The molecule has 0 spiro atoms. The van der Waals surface area contributed by atoms with Crippen LogP contribution in [0.15, 0.2) is 72.6 Å². The number of allylic oxidation sites excluding steroid dienone is 2. The number of hydrogen-bond acceptors (Lipinski definition) is 10. The topological polar surface area (TPSA) is 292 Å². The molecule has 0 unspecified atom stereocenters. The van der Waals surface area contributed by atoms with Gasteiger partial charge in [-0.2, -0.15) is 0 Å². The van der Waals surface area contributed by atoms with Crippen LogP contribution in [-0.2, 0) is 38.2 Å². The summed E-state index contributed by atoms with van der Waals surface area (Å²) in [4.78, 5) is 85.1. The average Bonchev–Trinajstić information content (AvgIpc) is 4.12. The molecule has 2 aromatic heterocycles. The Bertz CT molecular complexity index is 2460. The van der Waals surface area contributed by atoms with Crippen molar-refractivity contribution in [2.75, 3.05) is 52.7 Å². The highest BCUT2D eigenvalue weighted by Crippen LogP contribution is 2.34. The van der Waals surface area contributed by atoms with Crippen LogP contribution < -0.4 is 31.3 Å². The zero-order valence-corrected chi connectivity index (χ0v) is 38.9. The van der Waals surface area contributed by atoms with Gasteiger partial charge >= 0.3 is 30.9 Å². The number of amides is 5. The van der Waals surface area contributed by atoms with E-state index < -0.39 is 55.3 Å². The number of urea groups is 1. The number of unbranched alkanes of at least 4 members (excludes halogenated alkanes) is 3. The van der Waals surface area contributed by atoms with Gasteiger partial charge in [0, 0.05) is 68.3 Å². The maximum absolute atomic E-state index is 16.1. The van der Waals surface area contributed by atoms with E-state index in [1.165, 1.54) is 0 Å². The van der Waals surface area contributed by atoms with E-state index in [0.29, 0.717) is 72.9 Å². The van der Waals surface area contributed by atoms with Crippen LogP contribution >= 0.6 is 0 Å². The third-order valence-corrected chi connectivity index (χ3v) is 11.1. The summed E-state index contributed by atoms with van der Waals surface area (Å²) in [7, 11) is 0. The number of benzene rings is 1. The van der Waals surface area contributed by atoms with Crippen LogP contribution in [0.2, 0.25) is 0 Å². The second kappa shape index (κ2) is 27.6. The first-order valence-corrected chi connectivity index (χ1v) is 23.2. The Balaban J connectivity index is 0.829. The SMILES string of the molecule is O=C(O)CC[C@H](NC(=O)N[C@@H](CCCCNC(=O)COCCOCCNC(=O)CCCCCNC(=O)COc1ccc(/C=C\c2ccc3n2[B-](F)(F)[N+]2=C(c4ccc[nH]4)C=CC2=C3)cc1)C(=O)O)C(=O)O. The number of aromatic nitrogens is 2. The van der Waals surface area contributed by atoms with Gasteiger partial charge in [-0.1, -0.05) is 24.6 Å². The number of carbonyl (C=O) groups excluding carboxylic acids is 4. The highest BCUT2D eigenvalue weighted by atomic mass is 19.2. The Kier molecular flexibility index (Phi) is 21.1. The Morgan fingerprint density at radius 2 is 1.38 bits per heavy atom. The quantitative estimate of drug-likeness (QED) is 0.0321. The van der Waals surface area contributed by atoms with E-state index >= 15 is 8.63 Å². The highest BCUT2D eigenvalue weighted by molar-refractivity contribution is 6.58. The number of nitrogens with one attached hydrogen (secondary N) is 6. The van der Waals surface area contributed by atoms with Gasteiger partial charge in [0.2, 0.25) is 11.8 Å². The minimum atomic E-state index is -4.17. The summed E-state index contributed by atoms with van der Waals surface area (Å²) in [5.74, 6) is -4.42. The Morgan fingerprint density at radius 3 is 2.07 bits per heavy atom. The molecule has 5 amide bonds. The third-order valence-electron chi connectivity index (χ3n) is 11.1. The molecule has 3 aromatic rings. The first kappa shape index (κ1) is 54.3. The Labute approximate surface area is 407 Å². The molecule has 1 aromatic carbocycles. The van der Waals surface area contributed by atoms with Crippen LogP contribution in [0.3, 0.4) is 0 Å². The molecule has 71 heavy (non-hydrogen) atoms. The summed E-state index contributed by atoms with van der Waals surface area (Å²) >= 11 is 0. The van der Waals surface area contributed by atoms with Crippen molar-refractivity contribution in [3.05, 3.63) is 95.2 Å². The minimum absolute atomic E-state index is 0.00978. The summed E-state index contributed by atoms with van der Waals surface area (Å²) in [6, 6.07) is 9.90. The summed E-state index contributed by atoms with van der Waals surface area (Å²) < 4.78 is 50.6. The zero-order valence-electron chi connectivity index (χ0n) is 38.9. The maximum Gasteiger partial charge on any atom is 0.737 e. The van der Waals surface area contributed by atoms with Gasteiger partial charge in [0.1, 0.15) is 30.1 Å². The molecular weight excluding hydrogens is 933 g/mol. The number of carbonyl (C=O) groups is 7.